The van der Waals surface area contributed by atoms with Gasteiger partial charge >= 0.3 is 12.0 Å². The first kappa shape index (κ1) is 12.8. The molecule has 2 amide bonds. The SMILES string of the molecule is O=C(O)C1CCC(NC(=O)N2CC3CCC2C3)CC1. The zero-order chi connectivity index (χ0) is 13.4. The highest BCUT2D eigenvalue weighted by atomic mass is 16.4. The summed E-state index contributed by atoms with van der Waals surface area (Å²) in [6, 6.07) is 0.702. The molecule has 106 valence electrons. The molecular weight excluding hydrogens is 244 g/mol. The van der Waals surface area contributed by atoms with E-state index in [1.54, 1.807) is 0 Å². The number of hydrogen-bond acceptors (Lipinski definition) is 2. The summed E-state index contributed by atoms with van der Waals surface area (Å²) in [6.07, 6.45) is 6.58. The monoisotopic (exact) mass is 266 g/mol. The Hall–Kier alpha value is -1.26. The summed E-state index contributed by atoms with van der Waals surface area (Å²) < 4.78 is 0. The van der Waals surface area contributed by atoms with Crippen LogP contribution in [0.3, 0.4) is 0 Å². The second-order valence-corrected chi connectivity index (χ2v) is 6.32. The summed E-state index contributed by atoms with van der Waals surface area (Å²) in [6.45, 7) is 0.918. The summed E-state index contributed by atoms with van der Waals surface area (Å²) >= 11 is 0. The van der Waals surface area contributed by atoms with Crippen LogP contribution in [0.15, 0.2) is 0 Å². The number of rotatable bonds is 2. The fourth-order valence-corrected chi connectivity index (χ4v) is 3.92. The van der Waals surface area contributed by atoms with Crippen LogP contribution in [0, 0.1) is 11.8 Å². The molecule has 2 atom stereocenters. The first-order valence-corrected chi connectivity index (χ1v) is 7.43. The number of amides is 2. The number of carbonyl (C=O) groups is 2. The molecule has 0 aromatic rings. The van der Waals surface area contributed by atoms with Crippen molar-refractivity contribution in [2.24, 2.45) is 11.8 Å². The maximum Gasteiger partial charge on any atom is 0.317 e. The molecule has 3 fully saturated rings. The Labute approximate surface area is 113 Å². The molecular formula is C14H22N2O3. The molecule has 19 heavy (non-hydrogen) atoms. The van der Waals surface area contributed by atoms with E-state index >= 15 is 0 Å². The van der Waals surface area contributed by atoms with Crippen molar-refractivity contribution >= 4 is 12.0 Å². The van der Waals surface area contributed by atoms with E-state index in [1.165, 1.54) is 12.8 Å². The lowest BCUT2D eigenvalue weighted by molar-refractivity contribution is -0.142. The normalized spacial score (nSPS) is 37.4. The predicted molar refractivity (Wildman–Crippen MR) is 69.7 cm³/mol. The molecule has 1 heterocycles. The predicted octanol–water partition coefficient (Wildman–Crippen LogP) is 1.82. The Morgan fingerprint density at radius 3 is 2.32 bits per heavy atom. The van der Waals surface area contributed by atoms with Gasteiger partial charge in [-0.15, -0.1) is 0 Å². The molecule has 1 saturated heterocycles. The number of urea groups is 1. The highest BCUT2D eigenvalue weighted by Gasteiger charge is 2.40. The van der Waals surface area contributed by atoms with Crippen LogP contribution in [0.4, 0.5) is 4.79 Å². The summed E-state index contributed by atoms with van der Waals surface area (Å²) in [5.41, 5.74) is 0. The largest absolute Gasteiger partial charge is 0.481 e. The molecule has 0 aromatic carbocycles. The van der Waals surface area contributed by atoms with Crippen LogP contribution < -0.4 is 5.32 Å². The lowest BCUT2D eigenvalue weighted by Crippen LogP contribution is -2.49. The van der Waals surface area contributed by atoms with E-state index < -0.39 is 5.97 Å². The average Bonchev–Trinajstić information content (AvgIpc) is 3.01. The van der Waals surface area contributed by atoms with E-state index in [0.29, 0.717) is 18.9 Å². The van der Waals surface area contributed by atoms with Crippen molar-refractivity contribution in [3.05, 3.63) is 0 Å². The Morgan fingerprint density at radius 1 is 1.05 bits per heavy atom. The van der Waals surface area contributed by atoms with Gasteiger partial charge in [0, 0.05) is 18.6 Å². The number of nitrogens with one attached hydrogen (secondary N) is 1. The molecule has 3 rings (SSSR count). The highest BCUT2D eigenvalue weighted by Crippen LogP contribution is 2.37. The fraction of sp³-hybridized carbons (Fsp3) is 0.857. The second kappa shape index (κ2) is 5.02. The number of hydrogen-bond donors (Lipinski definition) is 2. The maximum atomic E-state index is 12.2. The van der Waals surface area contributed by atoms with Gasteiger partial charge in [-0.2, -0.15) is 0 Å². The Morgan fingerprint density at radius 2 is 1.79 bits per heavy atom. The van der Waals surface area contributed by atoms with E-state index in [1.807, 2.05) is 4.90 Å². The maximum absolute atomic E-state index is 12.2. The first-order chi connectivity index (χ1) is 9.13. The quantitative estimate of drug-likeness (QED) is 0.801. The van der Waals surface area contributed by atoms with Gasteiger partial charge < -0.3 is 15.3 Å². The summed E-state index contributed by atoms with van der Waals surface area (Å²) in [5, 5.41) is 12.1. The number of carbonyl (C=O) groups excluding carboxylic acids is 1. The van der Waals surface area contributed by atoms with Gasteiger partial charge in [-0.3, -0.25) is 4.79 Å². The highest BCUT2D eigenvalue weighted by molar-refractivity contribution is 5.75. The first-order valence-electron chi connectivity index (χ1n) is 7.43. The lowest BCUT2D eigenvalue weighted by atomic mass is 9.86. The minimum absolute atomic E-state index is 0.0750. The second-order valence-electron chi connectivity index (χ2n) is 6.32. The molecule has 5 nitrogen and oxygen atoms in total. The van der Waals surface area contributed by atoms with Crippen molar-refractivity contribution < 1.29 is 14.7 Å². The van der Waals surface area contributed by atoms with Crippen molar-refractivity contribution in [1.82, 2.24) is 10.2 Å². The Bertz CT molecular complexity index is 377. The standard InChI is InChI=1S/C14H22N2O3/c17-13(18)10-2-4-11(5-3-10)15-14(19)16-8-9-1-6-12(16)7-9/h9-12H,1-8H2,(H,15,19)(H,17,18). The van der Waals surface area contributed by atoms with Crippen molar-refractivity contribution in [3.8, 4) is 0 Å². The van der Waals surface area contributed by atoms with Crippen LogP contribution in [-0.4, -0.2) is 40.6 Å². The molecule has 2 saturated carbocycles. The topological polar surface area (TPSA) is 69.6 Å². The van der Waals surface area contributed by atoms with Crippen LogP contribution >= 0.6 is 0 Å². The third-order valence-corrected chi connectivity index (χ3v) is 5.07. The number of nitrogens with zero attached hydrogens (tertiary/aromatic N) is 1. The summed E-state index contributed by atoms with van der Waals surface area (Å²) in [7, 11) is 0. The molecule has 2 bridgehead atoms. The number of fused-ring (bicyclic) bond motifs is 2. The van der Waals surface area contributed by atoms with Crippen molar-refractivity contribution in [1.29, 1.82) is 0 Å². The van der Waals surface area contributed by atoms with Crippen LogP contribution in [0.25, 0.3) is 0 Å². The van der Waals surface area contributed by atoms with Gasteiger partial charge in [-0.1, -0.05) is 0 Å². The van der Waals surface area contributed by atoms with Gasteiger partial charge in [0.2, 0.25) is 0 Å². The van der Waals surface area contributed by atoms with E-state index in [0.717, 1.165) is 31.7 Å². The number of carboxylic acid groups (broad SMARTS) is 1. The van der Waals surface area contributed by atoms with Gasteiger partial charge in [0.1, 0.15) is 0 Å². The molecule has 1 aliphatic heterocycles. The van der Waals surface area contributed by atoms with Crippen LogP contribution in [0.2, 0.25) is 0 Å². The van der Waals surface area contributed by atoms with Crippen molar-refractivity contribution in [2.75, 3.05) is 6.54 Å². The minimum Gasteiger partial charge on any atom is -0.481 e. The van der Waals surface area contributed by atoms with Crippen molar-refractivity contribution in [3.63, 3.8) is 0 Å². The van der Waals surface area contributed by atoms with E-state index in [4.69, 9.17) is 5.11 Å². The van der Waals surface area contributed by atoms with E-state index in [-0.39, 0.29) is 18.0 Å². The van der Waals surface area contributed by atoms with Crippen LogP contribution in [0.5, 0.6) is 0 Å². The van der Waals surface area contributed by atoms with Crippen LogP contribution in [-0.2, 0) is 4.79 Å². The van der Waals surface area contributed by atoms with E-state index in [2.05, 4.69) is 5.32 Å². The Kier molecular flexibility index (Phi) is 3.37. The number of carboxylic acids is 1. The third kappa shape index (κ3) is 2.55. The van der Waals surface area contributed by atoms with Gasteiger partial charge in [-0.05, 0) is 50.9 Å². The van der Waals surface area contributed by atoms with Gasteiger partial charge in [0.25, 0.3) is 0 Å². The molecule has 0 spiro atoms. The average molecular weight is 266 g/mol. The Balaban J connectivity index is 1.47. The fourth-order valence-electron chi connectivity index (χ4n) is 3.92. The van der Waals surface area contributed by atoms with Gasteiger partial charge in [-0.25, -0.2) is 4.79 Å². The van der Waals surface area contributed by atoms with Gasteiger partial charge in [0.05, 0.1) is 5.92 Å². The third-order valence-electron chi connectivity index (χ3n) is 5.07. The molecule has 2 unspecified atom stereocenters. The number of likely N-dealkylation sites (tertiary alicyclic amines) is 1. The number of aliphatic carboxylic acids is 1. The zero-order valence-electron chi connectivity index (χ0n) is 11.2. The van der Waals surface area contributed by atoms with Gasteiger partial charge in [0.15, 0.2) is 0 Å². The lowest BCUT2D eigenvalue weighted by Gasteiger charge is -2.32. The summed E-state index contributed by atoms with van der Waals surface area (Å²) in [5.74, 6) is -0.184. The molecule has 2 aliphatic carbocycles. The summed E-state index contributed by atoms with van der Waals surface area (Å²) in [4.78, 5) is 25.1. The molecule has 3 aliphatic rings. The zero-order valence-corrected chi connectivity index (χ0v) is 11.2. The van der Waals surface area contributed by atoms with E-state index in [9.17, 15) is 9.59 Å². The van der Waals surface area contributed by atoms with Crippen molar-refractivity contribution in [2.45, 2.75) is 57.0 Å². The smallest absolute Gasteiger partial charge is 0.317 e. The molecule has 0 radical (unpaired) electrons. The minimum atomic E-state index is -0.693. The molecule has 2 N–H and O–H groups in total. The molecule has 5 heteroatoms. The molecule has 0 aromatic heterocycles. The number of piperidine rings is 1. The van der Waals surface area contributed by atoms with Crippen LogP contribution in [0.1, 0.15) is 44.9 Å².